The summed E-state index contributed by atoms with van der Waals surface area (Å²) in [6.45, 7) is 3.03. The molecule has 1 heterocycles. The molecule has 0 radical (unpaired) electrons. The molecule has 0 bridgehead atoms. The van der Waals surface area contributed by atoms with Crippen LogP contribution in [0.4, 0.5) is 0 Å². The molecule has 1 aliphatic heterocycles. The fourth-order valence-corrected chi connectivity index (χ4v) is 1.39. The summed E-state index contributed by atoms with van der Waals surface area (Å²) in [7, 11) is 0. The molecule has 0 aromatic carbocycles. The molecule has 6 heteroatoms. The molecule has 0 amide bonds. The van der Waals surface area contributed by atoms with Gasteiger partial charge in [-0.05, 0) is 0 Å². The highest BCUT2D eigenvalue weighted by atomic mass is 16.7. The van der Waals surface area contributed by atoms with Gasteiger partial charge in [0.05, 0.1) is 13.2 Å². The van der Waals surface area contributed by atoms with Crippen LogP contribution < -0.4 is 0 Å². The molecule has 1 aliphatic rings. The number of hydrogen-bond donors (Lipinski definition) is 4. The van der Waals surface area contributed by atoms with Crippen LogP contribution >= 0.6 is 0 Å². The van der Waals surface area contributed by atoms with E-state index in [0.29, 0.717) is 0 Å². The first-order valence-electron chi connectivity index (χ1n) is 4.64. The lowest BCUT2D eigenvalue weighted by Crippen LogP contribution is -2.40. The molecule has 0 aromatic heterocycles. The topological polar surface area (TPSA) is 99.4 Å². The van der Waals surface area contributed by atoms with E-state index in [1.807, 2.05) is 0 Å². The molecule has 88 valence electrons. The first-order valence-corrected chi connectivity index (χ1v) is 4.64. The maximum atomic E-state index is 9.48. The minimum Gasteiger partial charge on any atom is -0.394 e. The first kappa shape index (κ1) is 12.6. The Hall–Kier alpha value is -0.500. The lowest BCUT2D eigenvalue weighted by atomic mass is 10.1. The first-order chi connectivity index (χ1) is 7.11. The third-order valence-electron chi connectivity index (χ3n) is 2.20. The molecule has 1 saturated heterocycles. The van der Waals surface area contributed by atoms with Gasteiger partial charge < -0.3 is 29.9 Å². The smallest absolute Gasteiger partial charge is 0.187 e. The van der Waals surface area contributed by atoms with E-state index in [2.05, 4.69) is 6.58 Å². The van der Waals surface area contributed by atoms with Crippen molar-refractivity contribution in [2.45, 2.75) is 30.7 Å². The van der Waals surface area contributed by atoms with Crippen LogP contribution in [0.1, 0.15) is 0 Å². The van der Waals surface area contributed by atoms with Gasteiger partial charge in [-0.25, -0.2) is 0 Å². The van der Waals surface area contributed by atoms with Gasteiger partial charge in [-0.15, -0.1) is 6.58 Å². The van der Waals surface area contributed by atoms with Gasteiger partial charge in [-0.3, -0.25) is 0 Å². The Kier molecular flexibility index (Phi) is 4.65. The van der Waals surface area contributed by atoms with Gasteiger partial charge in [0.1, 0.15) is 24.4 Å². The molecule has 1 rings (SSSR count). The summed E-state index contributed by atoms with van der Waals surface area (Å²) in [5, 5.41) is 36.9. The Balaban J connectivity index is 2.54. The Morgan fingerprint density at radius 1 is 1.40 bits per heavy atom. The van der Waals surface area contributed by atoms with E-state index in [-0.39, 0.29) is 6.61 Å². The van der Waals surface area contributed by atoms with Gasteiger partial charge in [0.25, 0.3) is 0 Å². The van der Waals surface area contributed by atoms with E-state index in [9.17, 15) is 15.3 Å². The molecule has 0 saturated carbocycles. The molecular formula is C9H16O6. The Morgan fingerprint density at radius 2 is 2.07 bits per heavy atom. The monoisotopic (exact) mass is 220 g/mol. The zero-order valence-electron chi connectivity index (χ0n) is 8.19. The number of rotatable bonds is 5. The van der Waals surface area contributed by atoms with Crippen molar-refractivity contribution in [1.29, 1.82) is 0 Å². The third kappa shape index (κ3) is 2.75. The van der Waals surface area contributed by atoms with Gasteiger partial charge in [0.15, 0.2) is 6.29 Å². The van der Waals surface area contributed by atoms with Crippen LogP contribution in [0.3, 0.4) is 0 Å². The highest BCUT2D eigenvalue weighted by molar-refractivity contribution is 4.90. The van der Waals surface area contributed by atoms with Crippen LogP contribution in [0, 0.1) is 0 Å². The molecule has 5 atom stereocenters. The van der Waals surface area contributed by atoms with Gasteiger partial charge in [-0.1, -0.05) is 6.08 Å². The molecule has 4 N–H and O–H groups in total. The molecule has 15 heavy (non-hydrogen) atoms. The Bertz CT molecular complexity index is 209. The second kappa shape index (κ2) is 5.55. The second-order valence-corrected chi connectivity index (χ2v) is 3.32. The van der Waals surface area contributed by atoms with Gasteiger partial charge in [0.2, 0.25) is 0 Å². The maximum absolute atomic E-state index is 9.48. The van der Waals surface area contributed by atoms with Crippen LogP contribution in [0.25, 0.3) is 0 Å². The maximum Gasteiger partial charge on any atom is 0.187 e. The number of aliphatic hydroxyl groups is 4. The molecule has 6 nitrogen and oxygen atoms in total. The zero-order valence-corrected chi connectivity index (χ0v) is 8.19. The van der Waals surface area contributed by atoms with E-state index < -0.39 is 37.3 Å². The van der Waals surface area contributed by atoms with Crippen LogP contribution in [0.15, 0.2) is 12.7 Å². The van der Waals surface area contributed by atoms with Crippen molar-refractivity contribution < 1.29 is 29.9 Å². The van der Waals surface area contributed by atoms with E-state index in [4.69, 9.17) is 14.6 Å². The van der Waals surface area contributed by atoms with Crippen molar-refractivity contribution in [2.75, 3.05) is 13.2 Å². The SMILES string of the molecule is C=CCO[C@H]1O[C@@H]([C@H](O)CO)[C@H](O)[C@H]1O. The number of aliphatic hydroxyl groups excluding tert-OH is 4. The van der Waals surface area contributed by atoms with Crippen molar-refractivity contribution in [2.24, 2.45) is 0 Å². The van der Waals surface area contributed by atoms with Crippen molar-refractivity contribution in [3.63, 3.8) is 0 Å². The van der Waals surface area contributed by atoms with Gasteiger partial charge in [-0.2, -0.15) is 0 Å². The van der Waals surface area contributed by atoms with Crippen LogP contribution in [-0.4, -0.2) is 64.3 Å². The van der Waals surface area contributed by atoms with E-state index in [0.717, 1.165) is 0 Å². The lowest BCUT2D eigenvalue weighted by molar-refractivity contribution is -0.175. The summed E-state index contributed by atoms with van der Waals surface area (Å²) >= 11 is 0. The van der Waals surface area contributed by atoms with E-state index >= 15 is 0 Å². The average molecular weight is 220 g/mol. The van der Waals surface area contributed by atoms with E-state index in [1.165, 1.54) is 6.08 Å². The van der Waals surface area contributed by atoms with Crippen LogP contribution in [0.2, 0.25) is 0 Å². The van der Waals surface area contributed by atoms with E-state index in [1.54, 1.807) is 0 Å². The zero-order chi connectivity index (χ0) is 11.4. The normalized spacial score (nSPS) is 37.9. The summed E-state index contributed by atoms with van der Waals surface area (Å²) in [4.78, 5) is 0. The largest absolute Gasteiger partial charge is 0.394 e. The van der Waals surface area contributed by atoms with Crippen molar-refractivity contribution in [3.8, 4) is 0 Å². The van der Waals surface area contributed by atoms with Crippen molar-refractivity contribution in [3.05, 3.63) is 12.7 Å². The summed E-state index contributed by atoms with van der Waals surface area (Å²) < 4.78 is 10.1. The molecular weight excluding hydrogens is 204 g/mol. The molecule has 0 aliphatic carbocycles. The van der Waals surface area contributed by atoms with Crippen molar-refractivity contribution in [1.82, 2.24) is 0 Å². The Labute approximate surface area is 87.4 Å². The standard InChI is InChI=1S/C9H16O6/c1-2-3-14-9-7(13)6(12)8(15-9)5(11)4-10/h2,5-13H,1,3-4H2/t5-,6-,7-,8+,9+/m1/s1. The lowest BCUT2D eigenvalue weighted by Gasteiger charge is -2.18. The van der Waals surface area contributed by atoms with Gasteiger partial charge >= 0.3 is 0 Å². The minimum atomic E-state index is -1.28. The molecule has 1 fully saturated rings. The van der Waals surface area contributed by atoms with Crippen LogP contribution in [0.5, 0.6) is 0 Å². The molecule has 0 aromatic rings. The fraction of sp³-hybridized carbons (Fsp3) is 0.778. The predicted octanol–water partition coefficient (Wildman–Crippen LogP) is -2.01. The summed E-state index contributed by atoms with van der Waals surface area (Å²) in [6.07, 6.45) is -4.34. The van der Waals surface area contributed by atoms with Gasteiger partial charge in [0, 0.05) is 0 Å². The second-order valence-electron chi connectivity index (χ2n) is 3.32. The van der Waals surface area contributed by atoms with Crippen molar-refractivity contribution >= 4 is 0 Å². The average Bonchev–Trinajstić information content (AvgIpc) is 2.53. The highest BCUT2D eigenvalue weighted by Crippen LogP contribution is 2.24. The molecule has 0 unspecified atom stereocenters. The predicted molar refractivity (Wildman–Crippen MR) is 49.9 cm³/mol. The summed E-state index contributed by atoms with van der Waals surface area (Å²) in [6, 6.07) is 0. The minimum absolute atomic E-state index is 0.163. The summed E-state index contributed by atoms with van der Waals surface area (Å²) in [5.74, 6) is 0. The fourth-order valence-electron chi connectivity index (χ4n) is 1.39. The highest BCUT2D eigenvalue weighted by Gasteiger charge is 2.46. The third-order valence-corrected chi connectivity index (χ3v) is 2.20. The quantitative estimate of drug-likeness (QED) is 0.399. The van der Waals surface area contributed by atoms with Crippen LogP contribution in [-0.2, 0) is 9.47 Å². The Morgan fingerprint density at radius 3 is 2.60 bits per heavy atom. The number of hydrogen-bond acceptors (Lipinski definition) is 6. The molecule has 0 spiro atoms. The summed E-state index contributed by atoms with van der Waals surface area (Å²) in [5.41, 5.74) is 0. The number of ether oxygens (including phenoxy) is 2.